The Balaban J connectivity index is 2.07. The van der Waals surface area contributed by atoms with Crippen LogP contribution in [0.25, 0.3) is 0 Å². The minimum Gasteiger partial charge on any atom is -0.327 e. The first-order chi connectivity index (χ1) is 7.58. The third-order valence-corrected chi connectivity index (χ3v) is 4.78. The van der Waals surface area contributed by atoms with Crippen molar-refractivity contribution in [1.82, 2.24) is 0 Å². The second kappa shape index (κ2) is 4.68. The van der Waals surface area contributed by atoms with Gasteiger partial charge in [-0.1, -0.05) is 17.7 Å². The van der Waals surface area contributed by atoms with Crippen LogP contribution in [0.2, 0.25) is 0 Å². The molecule has 2 unspecified atom stereocenters. The van der Waals surface area contributed by atoms with Crippen molar-refractivity contribution in [2.24, 2.45) is 11.7 Å². The van der Waals surface area contributed by atoms with E-state index in [0.717, 1.165) is 10.5 Å². The highest BCUT2D eigenvalue weighted by molar-refractivity contribution is 7.85. The van der Waals surface area contributed by atoms with Gasteiger partial charge in [-0.15, -0.1) is 0 Å². The van der Waals surface area contributed by atoms with Gasteiger partial charge < -0.3 is 5.73 Å². The molecule has 3 heteroatoms. The maximum absolute atomic E-state index is 12.2. The Bertz CT molecular complexity index is 412. The second-order valence-electron chi connectivity index (χ2n) is 4.78. The predicted molar refractivity (Wildman–Crippen MR) is 67.9 cm³/mol. The molecule has 1 aromatic carbocycles. The van der Waals surface area contributed by atoms with Gasteiger partial charge in [-0.25, -0.2) is 0 Å². The van der Waals surface area contributed by atoms with Crippen LogP contribution in [-0.2, 0) is 10.8 Å². The maximum atomic E-state index is 12.2. The van der Waals surface area contributed by atoms with E-state index in [1.54, 1.807) is 0 Å². The summed E-state index contributed by atoms with van der Waals surface area (Å²) in [6.07, 6.45) is 2.43. The van der Waals surface area contributed by atoms with E-state index < -0.39 is 10.8 Å². The lowest BCUT2D eigenvalue weighted by Gasteiger charge is -2.11. The molecule has 1 fully saturated rings. The minimum absolute atomic E-state index is 0.113. The molecule has 0 amide bonds. The van der Waals surface area contributed by atoms with E-state index in [9.17, 15) is 4.21 Å². The quantitative estimate of drug-likeness (QED) is 0.872. The molecule has 0 aromatic heterocycles. The first kappa shape index (κ1) is 11.8. The standard InChI is InChI=1S/C13H19NOS/c1-9-3-6-13(10(2)7-9)16(15)8-12(14)11-4-5-11/h3,6-7,11-12H,4-5,8,14H2,1-2H3. The van der Waals surface area contributed by atoms with Crippen molar-refractivity contribution in [1.29, 1.82) is 0 Å². The van der Waals surface area contributed by atoms with Gasteiger partial charge in [-0.2, -0.15) is 0 Å². The van der Waals surface area contributed by atoms with E-state index in [1.165, 1.54) is 18.4 Å². The molecular formula is C13H19NOS. The summed E-state index contributed by atoms with van der Waals surface area (Å²) in [5.74, 6) is 1.23. The summed E-state index contributed by atoms with van der Waals surface area (Å²) in [5, 5.41) is 0. The SMILES string of the molecule is Cc1ccc(S(=O)CC(N)C2CC2)c(C)c1. The normalized spacial score (nSPS) is 19.4. The number of aryl methyl sites for hydroxylation is 2. The van der Waals surface area contributed by atoms with Crippen molar-refractivity contribution in [3.8, 4) is 0 Å². The zero-order valence-electron chi connectivity index (χ0n) is 9.90. The molecule has 0 saturated heterocycles. The van der Waals surface area contributed by atoms with Crippen molar-refractivity contribution in [3.63, 3.8) is 0 Å². The maximum Gasteiger partial charge on any atom is 0.0547 e. The molecule has 0 spiro atoms. The molecule has 1 aromatic rings. The molecule has 2 rings (SSSR count). The van der Waals surface area contributed by atoms with Gasteiger partial charge in [0.25, 0.3) is 0 Å². The van der Waals surface area contributed by atoms with Gasteiger partial charge in [-0.05, 0) is 44.2 Å². The highest BCUT2D eigenvalue weighted by Crippen LogP contribution is 2.32. The Morgan fingerprint density at radius 1 is 1.44 bits per heavy atom. The molecule has 2 N–H and O–H groups in total. The van der Waals surface area contributed by atoms with Crippen LogP contribution >= 0.6 is 0 Å². The smallest absolute Gasteiger partial charge is 0.0547 e. The second-order valence-corrected chi connectivity index (χ2v) is 6.25. The Kier molecular flexibility index (Phi) is 3.45. The average molecular weight is 237 g/mol. The molecule has 0 heterocycles. The molecule has 0 bridgehead atoms. The van der Waals surface area contributed by atoms with Gasteiger partial charge in [0.2, 0.25) is 0 Å². The van der Waals surface area contributed by atoms with E-state index in [2.05, 4.69) is 13.0 Å². The fraction of sp³-hybridized carbons (Fsp3) is 0.538. The lowest BCUT2D eigenvalue weighted by molar-refractivity contribution is 0.634. The summed E-state index contributed by atoms with van der Waals surface area (Å²) in [5.41, 5.74) is 8.33. The van der Waals surface area contributed by atoms with Crippen LogP contribution in [0.15, 0.2) is 23.1 Å². The minimum atomic E-state index is -0.939. The van der Waals surface area contributed by atoms with Crippen LogP contribution < -0.4 is 5.73 Å². The molecule has 2 nitrogen and oxygen atoms in total. The van der Waals surface area contributed by atoms with Crippen molar-refractivity contribution in [2.75, 3.05) is 5.75 Å². The van der Waals surface area contributed by atoms with Crippen LogP contribution in [0, 0.1) is 19.8 Å². The summed E-state index contributed by atoms with van der Waals surface area (Å²) in [4.78, 5) is 0.946. The highest BCUT2D eigenvalue weighted by atomic mass is 32.2. The summed E-state index contributed by atoms with van der Waals surface area (Å²) in [6.45, 7) is 4.07. The number of hydrogen-bond donors (Lipinski definition) is 1. The molecule has 88 valence electrons. The van der Waals surface area contributed by atoms with E-state index in [-0.39, 0.29) is 6.04 Å². The number of rotatable bonds is 4. The highest BCUT2D eigenvalue weighted by Gasteiger charge is 2.29. The Morgan fingerprint density at radius 3 is 2.69 bits per heavy atom. The van der Waals surface area contributed by atoms with Crippen molar-refractivity contribution >= 4 is 10.8 Å². The number of benzene rings is 1. The van der Waals surface area contributed by atoms with Gasteiger partial charge in [0, 0.05) is 16.7 Å². The molecule has 1 aliphatic rings. The third kappa shape index (κ3) is 2.71. The van der Waals surface area contributed by atoms with Gasteiger partial charge in [0.15, 0.2) is 0 Å². The van der Waals surface area contributed by atoms with E-state index >= 15 is 0 Å². The number of hydrogen-bond acceptors (Lipinski definition) is 2. The molecule has 2 atom stereocenters. The Hall–Kier alpha value is -0.670. The zero-order valence-corrected chi connectivity index (χ0v) is 10.7. The van der Waals surface area contributed by atoms with E-state index in [4.69, 9.17) is 5.73 Å². The van der Waals surface area contributed by atoms with Gasteiger partial charge in [0.05, 0.1) is 10.8 Å². The molecule has 0 aliphatic heterocycles. The molecular weight excluding hydrogens is 218 g/mol. The lowest BCUT2D eigenvalue weighted by atomic mass is 10.2. The fourth-order valence-corrected chi connectivity index (χ4v) is 3.42. The summed E-state index contributed by atoms with van der Waals surface area (Å²) < 4.78 is 12.2. The largest absolute Gasteiger partial charge is 0.327 e. The van der Waals surface area contributed by atoms with Crippen LogP contribution in [0.3, 0.4) is 0 Å². The molecule has 1 aliphatic carbocycles. The molecule has 1 saturated carbocycles. The Labute approximate surface area is 99.7 Å². The first-order valence-corrected chi connectivity index (χ1v) is 7.11. The van der Waals surface area contributed by atoms with Crippen molar-refractivity contribution in [2.45, 2.75) is 37.6 Å². The number of nitrogens with two attached hydrogens (primary N) is 1. The van der Waals surface area contributed by atoms with Crippen molar-refractivity contribution < 1.29 is 4.21 Å². The van der Waals surface area contributed by atoms with Crippen LogP contribution in [0.5, 0.6) is 0 Å². The summed E-state index contributed by atoms with van der Waals surface area (Å²) in [7, 11) is -0.939. The van der Waals surface area contributed by atoms with Gasteiger partial charge in [-0.3, -0.25) is 4.21 Å². The van der Waals surface area contributed by atoms with Crippen LogP contribution in [0.4, 0.5) is 0 Å². The van der Waals surface area contributed by atoms with E-state index in [1.807, 2.05) is 19.1 Å². The van der Waals surface area contributed by atoms with Gasteiger partial charge in [0.1, 0.15) is 0 Å². The topological polar surface area (TPSA) is 43.1 Å². The fourth-order valence-electron chi connectivity index (χ4n) is 1.98. The third-order valence-electron chi connectivity index (χ3n) is 3.15. The van der Waals surface area contributed by atoms with E-state index in [0.29, 0.717) is 11.7 Å². The zero-order chi connectivity index (χ0) is 11.7. The average Bonchev–Trinajstić information content (AvgIpc) is 2.99. The molecule has 0 radical (unpaired) electrons. The van der Waals surface area contributed by atoms with Crippen LogP contribution in [0.1, 0.15) is 24.0 Å². The van der Waals surface area contributed by atoms with Crippen LogP contribution in [-0.4, -0.2) is 16.0 Å². The monoisotopic (exact) mass is 237 g/mol. The first-order valence-electron chi connectivity index (χ1n) is 5.79. The predicted octanol–water partition coefficient (Wildman–Crippen LogP) is 2.15. The summed E-state index contributed by atoms with van der Waals surface area (Å²) >= 11 is 0. The Morgan fingerprint density at radius 2 is 2.12 bits per heavy atom. The summed E-state index contributed by atoms with van der Waals surface area (Å²) in [6, 6.07) is 6.18. The molecule has 16 heavy (non-hydrogen) atoms. The van der Waals surface area contributed by atoms with Gasteiger partial charge >= 0.3 is 0 Å². The van der Waals surface area contributed by atoms with Crippen molar-refractivity contribution in [3.05, 3.63) is 29.3 Å². The lowest BCUT2D eigenvalue weighted by Crippen LogP contribution is -2.29.